The maximum absolute atomic E-state index is 12.5. The maximum atomic E-state index is 12.5. The fourth-order valence-corrected chi connectivity index (χ4v) is 2.81. The zero-order valence-electron chi connectivity index (χ0n) is 16.1. The third kappa shape index (κ3) is 4.76. The molecular weight excluding hydrogens is 328 g/mol. The van der Waals surface area contributed by atoms with Crippen LogP contribution in [0.1, 0.15) is 47.3 Å². The van der Waals surface area contributed by atoms with Crippen molar-refractivity contribution in [2.75, 3.05) is 27.7 Å². The summed E-state index contributed by atoms with van der Waals surface area (Å²) in [6.45, 7) is 4.53. The van der Waals surface area contributed by atoms with E-state index in [2.05, 4.69) is 5.32 Å². The Labute approximate surface area is 155 Å². The van der Waals surface area contributed by atoms with Crippen LogP contribution in [0, 0.1) is 0 Å². The third-order valence-corrected chi connectivity index (χ3v) is 4.51. The number of hydrogen-bond acceptors (Lipinski definition) is 4. The van der Waals surface area contributed by atoms with Gasteiger partial charge in [0.1, 0.15) is 11.5 Å². The number of benzene rings is 2. The predicted octanol–water partition coefficient (Wildman–Crippen LogP) is 3.56. The first-order valence-corrected chi connectivity index (χ1v) is 8.75. The first kappa shape index (κ1) is 19.8. The van der Waals surface area contributed by atoms with E-state index >= 15 is 0 Å². The molecule has 2 N–H and O–H groups in total. The van der Waals surface area contributed by atoms with Crippen molar-refractivity contribution in [3.8, 4) is 11.5 Å². The number of methoxy groups -OCH3 is 1. The van der Waals surface area contributed by atoms with Crippen molar-refractivity contribution in [3.05, 3.63) is 59.2 Å². The van der Waals surface area contributed by atoms with Gasteiger partial charge in [-0.2, -0.15) is 0 Å². The summed E-state index contributed by atoms with van der Waals surface area (Å²) in [4.78, 5) is 14.5. The lowest BCUT2D eigenvalue weighted by molar-refractivity contribution is 0.0939. The van der Waals surface area contributed by atoms with E-state index in [1.54, 1.807) is 19.2 Å². The molecule has 0 spiro atoms. The Balaban J connectivity index is 2.09. The Morgan fingerprint density at radius 2 is 1.73 bits per heavy atom. The van der Waals surface area contributed by atoms with E-state index in [-0.39, 0.29) is 17.7 Å². The van der Waals surface area contributed by atoms with Crippen LogP contribution in [-0.2, 0) is 0 Å². The lowest BCUT2D eigenvalue weighted by Gasteiger charge is -2.25. The molecule has 0 bridgehead atoms. The fourth-order valence-electron chi connectivity index (χ4n) is 2.81. The molecule has 0 aliphatic carbocycles. The van der Waals surface area contributed by atoms with Gasteiger partial charge in [-0.3, -0.25) is 4.79 Å². The van der Waals surface area contributed by atoms with Crippen molar-refractivity contribution in [1.29, 1.82) is 0 Å². The number of likely N-dealkylation sites (N-methyl/N-ethyl adjacent to an activating group) is 1. The second-order valence-electron chi connectivity index (χ2n) is 6.89. The van der Waals surface area contributed by atoms with Crippen molar-refractivity contribution in [3.63, 3.8) is 0 Å². The Morgan fingerprint density at radius 1 is 1.12 bits per heavy atom. The molecule has 0 aliphatic rings. The number of amides is 1. The van der Waals surface area contributed by atoms with Gasteiger partial charge in [0.05, 0.1) is 18.7 Å². The van der Waals surface area contributed by atoms with Crippen LogP contribution in [0.25, 0.3) is 0 Å². The minimum Gasteiger partial charge on any atom is -0.507 e. The van der Waals surface area contributed by atoms with Crippen LogP contribution in [0.3, 0.4) is 0 Å². The average molecular weight is 356 g/mol. The number of carbonyl (C=O) groups excluding carboxylic acids is 1. The van der Waals surface area contributed by atoms with Crippen LogP contribution in [-0.4, -0.2) is 43.7 Å². The van der Waals surface area contributed by atoms with Crippen molar-refractivity contribution >= 4 is 5.91 Å². The van der Waals surface area contributed by atoms with Crippen molar-refractivity contribution in [2.24, 2.45) is 0 Å². The van der Waals surface area contributed by atoms with Gasteiger partial charge in [0.25, 0.3) is 5.91 Å². The smallest absolute Gasteiger partial charge is 0.255 e. The van der Waals surface area contributed by atoms with Gasteiger partial charge in [-0.05, 0) is 55.4 Å². The lowest BCUT2D eigenvalue weighted by Crippen LogP contribution is -2.34. The van der Waals surface area contributed by atoms with Crippen LogP contribution in [0.4, 0.5) is 0 Å². The van der Waals surface area contributed by atoms with E-state index in [0.717, 1.165) is 16.9 Å². The largest absolute Gasteiger partial charge is 0.507 e. The third-order valence-electron chi connectivity index (χ3n) is 4.51. The highest BCUT2D eigenvalue weighted by Gasteiger charge is 2.18. The van der Waals surface area contributed by atoms with Crippen LogP contribution in [0.15, 0.2) is 42.5 Å². The van der Waals surface area contributed by atoms with E-state index in [4.69, 9.17) is 4.74 Å². The molecule has 1 atom stereocenters. The molecule has 0 aromatic heterocycles. The molecule has 1 unspecified atom stereocenters. The number of nitrogens with zero attached hydrogens (tertiary/aromatic N) is 1. The summed E-state index contributed by atoms with van der Waals surface area (Å²) in [5, 5.41) is 13.1. The molecule has 5 nitrogen and oxygen atoms in total. The SMILES string of the molecule is COc1ccc(C(CNC(=O)c2ccc(C(C)C)cc2O)N(C)C)cc1. The monoisotopic (exact) mass is 356 g/mol. The molecule has 1 amide bonds. The molecule has 2 aromatic carbocycles. The van der Waals surface area contributed by atoms with Gasteiger partial charge in [-0.1, -0.05) is 32.0 Å². The normalized spacial score (nSPS) is 12.3. The molecule has 2 aromatic rings. The Kier molecular flexibility index (Phi) is 6.64. The zero-order valence-corrected chi connectivity index (χ0v) is 16.1. The number of hydrogen-bond donors (Lipinski definition) is 2. The molecule has 5 heteroatoms. The van der Waals surface area contributed by atoms with Crippen molar-refractivity contribution in [2.45, 2.75) is 25.8 Å². The number of ether oxygens (including phenoxy) is 1. The molecule has 26 heavy (non-hydrogen) atoms. The van der Waals surface area contributed by atoms with E-state index in [1.807, 2.05) is 63.2 Å². The summed E-state index contributed by atoms with van der Waals surface area (Å²) in [6, 6.07) is 13.0. The van der Waals surface area contributed by atoms with Crippen molar-refractivity contribution in [1.82, 2.24) is 10.2 Å². The van der Waals surface area contributed by atoms with E-state index in [9.17, 15) is 9.90 Å². The minimum atomic E-state index is -0.279. The molecule has 0 saturated carbocycles. The Bertz CT molecular complexity index is 739. The van der Waals surface area contributed by atoms with E-state index in [1.165, 1.54) is 0 Å². The molecule has 0 saturated heterocycles. The number of aromatic hydroxyl groups is 1. The summed E-state index contributed by atoms with van der Waals surface area (Å²) in [5.41, 5.74) is 2.38. The molecule has 0 radical (unpaired) electrons. The van der Waals surface area contributed by atoms with Gasteiger partial charge in [-0.25, -0.2) is 0 Å². The van der Waals surface area contributed by atoms with Gasteiger partial charge in [0.15, 0.2) is 0 Å². The fraction of sp³-hybridized carbons (Fsp3) is 0.381. The number of phenolic OH excluding ortho intramolecular Hbond substituents is 1. The molecule has 140 valence electrons. The standard InChI is InChI=1S/C21H28N2O3/c1-14(2)16-8-11-18(20(24)12-16)21(25)22-13-19(23(3)4)15-6-9-17(26-5)10-7-15/h6-12,14,19,24H,13H2,1-5H3,(H,22,25). The molecular formula is C21H28N2O3. The molecule has 0 fully saturated rings. The van der Waals surface area contributed by atoms with E-state index in [0.29, 0.717) is 18.0 Å². The van der Waals surface area contributed by atoms with Crippen LogP contribution < -0.4 is 10.1 Å². The first-order valence-electron chi connectivity index (χ1n) is 8.75. The predicted molar refractivity (Wildman–Crippen MR) is 104 cm³/mol. The van der Waals surface area contributed by atoms with Gasteiger partial charge < -0.3 is 20.1 Å². The van der Waals surface area contributed by atoms with Gasteiger partial charge in [0, 0.05) is 6.54 Å². The highest BCUT2D eigenvalue weighted by Crippen LogP contribution is 2.24. The molecule has 0 heterocycles. The van der Waals surface area contributed by atoms with E-state index < -0.39 is 0 Å². The van der Waals surface area contributed by atoms with Gasteiger partial charge >= 0.3 is 0 Å². The second kappa shape index (κ2) is 8.72. The van der Waals surface area contributed by atoms with Gasteiger partial charge in [0.2, 0.25) is 0 Å². The minimum absolute atomic E-state index is 0.0135. The molecule has 2 rings (SSSR count). The zero-order chi connectivity index (χ0) is 19.3. The number of rotatable bonds is 7. The quantitative estimate of drug-likeness (QED) is 0.796. The highest BCUT2D eigenvalue weighted by molar-refractivity contribution is 5.96. The summed E-state index contributed by atoms with van der Waals surface area (Å²) >= 11 is 0. The Morgan fingerprint density at radius 3 is 2.23 bits per heavy atom. The average Bonchev–Trinajstić information content (AvgIpc) is 2.61. The number of nitrogens with one attached hydrogen (secondary N) is 1. The number of carbonyl (C=O) groups is 1. The van der Waals surface area contributed by atoms with Crippen LogP contribution in [0.2, 0.25) is 0 Å². The summed E-state index contributed by atoms with van der Waals surface area (Å²) in [7, 11) is 5.57. The highest BCUT2D eigenvalue weighted by atomic mass is 16.5. The summed E-state index contributed by atoms with van der Waals surface area (Å²) in [6.07, 6.45) is 0. The first-order chi connectivity index (χ1) is 12.3. The second-order valence-corrected chi connectivity index (χ2v) is 6.89. The van der Waals surface area contributed by atoms with Crippen LogP contribution in [0.5, 0.6) is 11.5 Å². The summed E-state index contributed by atoms with van der Waals surface area (Å²) < 4.78 is 5.19. The van der Waals surface area contributed by atoms with Gasteiger partial charge in [-0.15, -0.1) is 0 Å². The lowest BCUT2D eigenvalue weighted by atomic mass is 10.0. The van der Waals surface area contributed by atoms with Crippen molar-refractivity contribution < 1.29 is 14.6 Å². The van der Waals surface area contributed by atoms with Crippen LogP contribution >= 0.6 is 0 Å². The maximum Gasteiger partial charge on any atom is 0.255 e. The number of phenols is 1. The molecule has 0 aliphatic heterocycles. The topological polar surface area (TPSA) is 61.8 Å². The Hall–Kier alpha value is -2.53. The summed E-state index contributed by atoms with van der Waals surface area (Å²) in [5.74, 6) is 0.828.